The Bertz CT molecular complexity index is 1300. The van der Waals surface area contributed by atoms with Crippen LogP contribution in [-0.2, 0) is 6.42 Å². The fraction of sp³-hybridized carbons (Fsp3) is 0.0556. The molecule has 0 aliphatic heterocycles. The van der Waals surface area contributed by atoms with Crippen LogP contribution in [0.15, 0.2) is 61.4 Å². The van der Waals surface area contributed by atoms with E-state index in [2.05, 4.69) is 20.1 Å². The molecule has 0 aliphatic rings. The van der Waals surface area contributed by atoms with E-state index >= 15 is 0 Å². The Labute approximate surface area is 158 Å². The summed E-state index contributed by atoms with van der Waals surface area (Å²) in [6.45, 7) is 0. The zero-order valence-electron chi connectivity index (χ0n) is 17.1. The quantitative estimate of drug-likeness (QED) is 0.501. The average Bonchev–Trinajstić information content (AvgIpc) is 3.18. The van der Waals surface area contributed by atoms with E-state index < -0.39 is 24.0 Å². The van der Waals surface area contributed by atoms with Gasteiger partial charge in [0.1, 0.15) is 17.8 Å². The maximum Gasteiger partial charge on any atom is 0.172 e. The van der Waals surface area contributed by atoms with Crippen LogP contribution in [0.25, 0.3) is 5.65 Å². The van der Waals surface area contributed by atoms with Crippen molar-refractivity contribution in [2.24, 2.45) is 0 Å². The molecule has 0 bridgehead atoms. The van der Waals surface area contributed by atoms with Crippen molar-refractivity contribution < 1.29 is 15.0 Å². The summed E-state index contributed by atoms with van der Waals surface area (Å²) in [6, 6.07) is 1.77. The van der Waals surface area contributed by atoms with Gasteiger partial charge in [-0.3, -0.25) is 14.8 Å². The molecule has 0 aliphatic carbocycles. The molecular formula is C18H12ClN5O2. The number of pyridine rings is 3. The molecule has 0 N–H and O–H groups in total. The van der Waals surface area contributed by atoms with Crippen molar-refractivity contribution in [2.75, 3.05) is 0 Å². The molecule has 4 aromatic heterocycles. The van der Waals surface area contributed by atoms with Crippen LogP contribution in [-0.4, -0.2) is 30.3 Å². The summed E-state index contributed by atoms with van der Waals surface area (Å²) < 4.78 is 38.0. The number of rotatable bonds is 5. The van der Waals surface area contributed by atoms with Crippen LogP contribution in [0, 0.1) is 0 Å². The molecule has 0 fully saturated rings. The third-order valence-corrected chi connectivity index (χ3v) is 3.62. The normalized spacial score (nSPS) is 13.0. The third kappa shape index (κ3) is 3.38. The number of Topliss-reactive ketones (excluding diaryl/α,β-unsaturated/α-hetero) is 1. The molecule has 0 atom stereocenters. The second-order valence-corrected chi connectivity index (χ2v) is 5.64. The summed E-state index contributed by atoms with van der Waals surface area (Å²) in [6.07, 6.45) is 4.93. The van der Waals surface area contributed by atoms with Crippen molar-refractivity contribution in [1.82, 2.24) is 24.6 Å². The highest BCUT2D eigenvalue weighted by atomic mass is 35.5. The minimum Gasteiger partial charge on any atom is -0.454 e. The number of ketones is 1. The van der Waals surface area contributed by atoms with E-state index in [9.17, 15) is 4.79 Å². The number of halogens is 1. The first kappa shape index (κ1) is 12.1. The smallest absolute Gasteiger partial charge is 0.172 e. The maximum atomic E-state index is 13.0. The number of hydrogen-bond acceptors (Lipinski definition) is 6. The van der Waals surface area contributed by atoms with Crippen LogP contribution in [0.4, 0.5) is 0 Å². The van der Waals surface area contributed by atoms with Gasteiger partial charge in [0.2, 0.25) is 0 Å². The molecule has 128 valence electrons. The number of ether oxygens (including phenoxy) is 1. The molecule has 8 heteroatoms. The molecule has 7 nitrogen and oxygen atoms in total. The van der Waals surface area contributed by atoms with E-state index in [-0.39, 0.29) is 35.1 Å². The van der Waals surface area contributed by atoms with Crippen molar-refractivity contribution >= 4 is 23.0 Å². The Morgan fingerprint density at radius 3 is 3.04 bits per heavy atom. The predicted molar refractivity (Wildman–Crippen MR) is 94.6 cm³/mol. The van der Waals surface area contributed by atoms with E-state index in [1.807, 2.05) is 0 Å². The van der Waals surface area contributed by atoms with E-state index in [4.69, 9.17) is 21.8 Å². The Morgan fingerprint density at radius 1 is 1.23 bits per heavy atom. The molecule has 0 aromatic carbocycles. The van der Waals surface area contributed by atoms with Gasteiger partial charge in [-0.2, -0.15) is 5.10 Å². The fourth-order valence-electron chi connectivity index (χ4n) is 2.33. The third-order valence-electron chi connectivity index (χ3n) is 3.41. The Morgan fingerprint density at radius 2 is 2.15 bits per heavy atom. The molecule has 0 spiro atoms. The van der Waals surface area contributed by atoms with E-state index in [0.29, 0.717) is 10.8 Å². The standard InChI is InChI=1S/C18H12ClN5O2/c19-12-5-14(9-20-8-12)26-15-7-16(18-22-11-23-24(18)10-15)17(25)6-13-3-1-2-4-21-13/h1-5,7-11H,6H2/i1D,2D,3D,4D. The predicted octanol–water partition coefficient (Wildman–Crippen LogP) is 3.39. The summed E-state index contributed by atoms with van der Waals surface area (Å²) in [7, 11) is 0. The molecule has 4 aromatic rings. The van der Waals surface area contributed by atoms with E-state index in [0.717, 1.165) is 0 Å². The highest BCUT2D eigenvalue weighted by Gasteiger charge is 2.16. The first-order valence-electron chi connectivity index (χ1n) is 9.41. The minimum absolute atomic E-state index is 0.0611. The summed E-state index contributed by atoms with van der Waals surface area (Å²) >= 11 is 5.92. The topological polar surface area (TPSA) is 82.3 Å². The monoisotopic (exact) mass is 369 g/mol. The van der Waals surface area contributed by atoms with E-state index in [1.165, 1.54) is 35.5 Å². The molecular weight excluding hydrogens is 354 g/mol. The lowest BCUT2D eigenvalue weighted by Crippen LogP contribution is -2.08. The van der Waals surface area contributed by atoms with Crippen LogP contribution in [0.5, 0.6) is 11.5 Å². The second-order valence-electron chi connectivity index (χ2n) is 5.20. The number of carbonyl (C=O) groups excluding carboxylic acids is 1. The first-order valence-corrected chi connectivity index (χ1v) is 7.79. The highest BCUT2D eigenvalue weighted by Crippen LogP contribution is 2.25. The molecule has 26 heavy (non-hydrogen) atoms. The van der Waals surface area contributed by atoms with Crippen LogP contribution < -0.4 is 4.74 Å². The number of carbonyl (C=O) groups is 1. The summed E-state index contributed by atoms with van der Waals surface area (Å²) in [5.74, 6) is 0.183. The Kier molecular flexibility index (Phi) is 3.21. The minimum atomic E-state index is -0.461. The van der Waals surface area contributed by atoms with Gasteiger partial charge in [0.05, 0.1) is 34.9 Å². The zero-order chi connectivity index (χ0) is 21.4. The average molecular weight is 370 g/mol. The van der Waals surface area contributed by atoms with Gasteiger partial charge >= 0.3 is 0 Å². The van der Waals surface area contributed by atoms with Crippen LogP contribution in [0.1, 0.15) is 21.5 Å². The van der Waals surface area contributed by atoms with Gasteiger partial charge in [0.25, 0.3) is 0 Å². The summed E-state index contributed by atoms with van der Waals surface area (Å²) in [4.78, 5) is 24.8. The first-order chi connectivity index (χ1) is 14.3. The number of fused-ring (bicyclic) bond motifs is 1. The van der Waals surface area contributed by atoms with Crippen molar-refractivity contribution in [3.63, 3.8) is 0 Å². The van der Waals surface area contributed by atoms with Gasteiger partial charge in [0.15, 0.2) is 11.4 Å². The SMILES string of the molecule is [2H]c1nc(CC(=O)c2cc(Oc3cncc(Cl)c3)cn3ncnc23)c([2H])c([2H])c1[2H]. The van der Waals surface area contributed by atoms with Crippen molar-refractivity contribution in [2.45, 2.75) is 6.42 Å². The number of nitrogens with zero attached hydrogens (tertiary/aromatic N) is 5. The van der Waals surface area contributed by atoms with Crippen LogP contribution >= 0.6 is 11.6 Å². The lowest BCUT2D eigenvalue weighted by molar-refractivity contribution is 0.0992. The van der Waals surface area contributed by atoms with Crippen molar-refractivity contribution in [1.29, 1.82) is 0 Å². The maximum absolute atomic E-state index is 13.0. The molecule has 4 heterocycles. The number of hydrogen-bond donors (Lipinski definition) is 0. The van der Waals surface area contributed by atoms with Gasteiger partial charge in [-0.25, -0.2) is 9.50 Å². The lowest BCUT2D eigenvalue weighted by atomic mass is 10.1. The Hall–Kier alpha value is -3.32. The Balaban J connectivity index is 1.71. The van der Waals surface area contributed by atoms with Gasteiger partial charge in [-0.15, -0.1) is 0 Å². The molecule has 0 radical (unpaired) electrons. The summed E-state index contributed by atoms with van der Waals surface area (Å²) in [5, 5.41) is 4.42. The van der Waals surface area contributed by atoms with Gasteiger partial charge in [0, 0.05) is 24.1 Å². The highest BCUT2D eigenvalue weighted by molar-refractivity contribution is 6.30. The van der Waals surface area contributed by atoms with Crippen LogP contribution in [0.3, 0.4) is 0 Å². The molecule has 4 rings (SSSR count). The van der Waals surface area contributed by atoms with Crippen LogP contribution in [0.2, 0.25) is 5.02 Å². The fourth-order valence-corrected chi connectivity index (χ4v) is 2.50. The lowest BCUT2D eigenvalue weighted by Gasteiger charge is -2.09. The second kappa shape index (κ2) is 6.89. The zero-order valence-corrected chi connectivity index (χ0v) is 13.9. The molecule has 0 saturated heterocycles. The van der Waals surface area contributed by atoms with Gasteiger partial charge in [-0.1, -0.05) is 17.6 Å². The molecule has 0 unspecified atom stereocenters. The largest absolute Gasteiger partial charge is 0.454 e. The molecule has 0 saturated carbocycles. The van der Waals surface area contributed by atoms with Gasteiger partial charge < -0.3 is 4.74 Å². The van der Waals surface area contributed by atoms with Gasteiger partial charge in [-0.05, 0) is 18.2 Å². The van der Waals surface area contributed by atoms with E-state index in [1.54, 1.807) is 6.07 Å². The molecule has 0 amide bonds. The van der Waals surface area contributed by atoms with Crippen molar-refractivity contribution in [3.8, 4) is 11.5 Å². The number of aromatic nitrogens is 5. The van der Waals surface area contributed by atoms with Crippen molar-refractivity contribution in [3.05, 3.63) is 77.6 Å². The summed E-state index contributed by atoms with van der Waals surface area (Å²) in [5.41, 5.74) is 0.376.